The van der Waals surface area contributed by atoms with Gasteiger partial charge in [0.25, 0.3) is 0 Å². The Kier molecular flexibility index (Phi) is 4.85. The van der Waals surface area contributed by atoms with Crippen molar-refractivity contribution in [1.29, 1.82) is 0 Å². The van der Waals surface area contributed by atoms with Crippen LogP contribution in [0.2, 0.25) is 0 Å². The Morgan fingerprint density at radius 1 is 1.36 bits per heavy atom. The van der Waals surface area contributed by atoms with Crippen LogP contribution < -0.4 is 15.4 Å². The molecule has 0 unspecified atom stereocenters. The number of benzene rings is 1. The minimum atomic E-state index is 0.105. The standard InChI is InChI=1S/C17H21N3O2/c21-16(11-13-6-8-18-12-13)19-9-10-22-15-5-1-3-14-4-2-7-20-17(14)15/h1-5,7,13,18H,6,8-12H2,(H,19,21)/t13-/m1/s1. The molecule has 1 aliphatic rings. The van der Waals surface area contributed by atoms with Crippen molar-refractivity contribution in [1.82, 2.24) is 15.6 Å². The fourth-order valence-corrected chi connectivity index (χ4v) is 2.77. The molecule has 2 N–H and O–H groups in total. The van der Waals surface area contributed by atoms with Crippen LogP contribution in [0.25, 0.3) is 10.9 Å². The second-order valence-electron chi connectivity index (χ2n) is 5.59. The average Bonchev–Trinajstić information content (AvgIpc) is 3.04. The molecule has 1 aliphatic heterocycles. The largest absolute Gasteiger partial charge is 0.489 e. The molecule has 1 saturated heterocycles. The topological polar surface area (TPSA) is 63.2 Å². The lowest BCUT2D eigenvalue weighted by Gasteiger charge is -2.11. The number of aromatic nitrogens is 1. The number of pyridine rings is 1. The van der Waals surface area contributed by atoms with Crippen molar-refractivity contribution in [2.24, 2.45) is 5.92 Å². The lowest BCUT2D eigenvalue weighted by Crippen LogP contribution is -2.30. The average molecular weight is 299 g/mol. The van der Waals surface area contributed by atoms with Gasteiger partial charge in [-0.05, 0) is 37.6 Å². The zero-order valence-electron chi connectivity index (χ0n) is 12.5. The van der Waals surface area contributed by atoms with Crippen LogP contribution in [0.3, 0.4) is 0 Å². The molecular weight excluding hydrogens is 278 g/mol. The summed E-state index contributed by atoms with van der Waals surface area (Å²) in [5.74, 6) is 1.34. The Balaban J connectivity index is 1.45. The maximum absolute atomic E-state index is 11.8. The molecule has 5 heteroatoms. The van der Waals surface area contributed by atoms with Crippen molar-refractivity contribution in [3.05, 3.63) is 36.5 Å². The molecule has 0 bridgehead atoms. The normalized spacial score (nSPS) is 17.5. The summed E-state index contributed by atoms with van der Waals surface area (Å²) >= 11 is 0. The monoisotopic (exact) mass is 299 g/mol. The summed E-state index contributed by atoms with van der Waals surface area (Å²) in [4.78, 5) is 16.2. The van der Waals surface area contributed by atoms with Crippen LogP contribution in [0.4, 0.5) is 0 Å². The van der Waals surface area contributed by atoms with Gasteiger partial charge < -0.3 is 15.4 Å². The molecule has 1 atom stereocenters. The number of ether oxygens (including phenoxy) is 1. The highest BCUT2D eigenvalue weighted by Crippen LogP contribution is 2.22. The number of nitrogens with one attached hydrogen (secondary N) is 2. The fourth-order valence-electron chi connectivity index (χ4n) is 2.77. The van der Waals surface area contributed by atoms with Gasteiger partial charge in [0, 0.05) is 18.0 Å². The van der Waals surface area contributed by atoms with E-state index in [1.54, 1.807) is 6.20 Å². The summed E-state index contributed by atoms with van der Waals surface area (Å²) in [7, 11) is 0. The van der Waals surface area contributed by atoms with E-state index in [4.69, 9.17) is 4.74 Å². The minimum absolute atomic E-state index is 0.105. The van der Waals surface area contributed by atoms with E-state index in [-0.39, 0.29) is 5.91 Å². The number of carbonyl (C=O) groups is 1. The van der Waals surface area contributed by atoms with Crippen molar-refractivity contribution < 1.29 is 9.53 Å². The van der Waals surface area contributed by atoms with Crippen LogP contribution in [0.1, 0.15) is 12.8 Å². The lowest BCUT2D eigenvalue weighted by molar-refractivity contribution is -0.122. The number of hydrogen-bond donors (Lipinski definition) is 2. The first kappa shape index (κ1) is 14.8. The van der Waals surface area contributed by atoms with Crippen molar-refractivity contribution >= 4 is 16.8 Å². The lowest BCUT2D eigenvalue weighted by atomic mass is 10.0. The van der Waals surface area contributed by atoms with Crippen LogP contribution in [0.15, 0.2) is 36.5 Å². The van der Waals surface area contributed by atoms with E-state index >= 15 is 0 Å². The molecule has 3 rings (SSSR count). The maximum Gasteiger partial charge on any atom is 0.220 e. The Morgan fingerprint density at radius 3 is 3.14 bits per heavy atom. The van der Waals surface area contributed by atoms with Crippen LogP contribution in [-0.4, -0.2) is 37.1 Å². The van der Waals surface area contributed by atoms with E-state index in [0.29, 0.717) is 25.5 Å². The molecule has 1 fully saturated rings. The number of amides is 1. The third-order valence-electron chi connectivity index (χ3n) is 3.91. The molecule has 2 heterocycles. The van der Waals surface area contributed by atoms with E-state index in [9.17, 15) is 4.79 Å². The molecule has 5 nitrogen and oxygen atoms in total. The van der Waals surface area contributed by atoms with Gasteiger partial charge in [0.2, 0.25) is 5.91 Å². The van der Waals surface area contributed by atoms with Gasteiger partial charge in [-0.2, -0.15) is 0 Å². The van der Waals surface area contributed by atoms with Crippen LogP contribution >= 0.6 is 0 Å². The first-order valence-electron chi connectivity index (χ1n) is 7.77. The second-order valence-corrected chi connectivity index (χ2v) is 5.59. The maximum atomic E-state index is 11.8. The fraction of sp³-hybridized carbons (Fsp3) is 0.412. The number of carbonyl (C=O) groups excluding carboxylic acids is 1. The molecule has 0 spiro atoms. The van der Waals surface area contributed by atoms with E-state index < -0.39 is 0 Å². The Hall–Kier alpha value is -2.14. The van der Waals surface area contributed by atoms with Crippen molar-refractivity contribution in [2.45, 2.75) is 12.8 Å². The third kappa shape index (κ3) is 3.74. The zero-order chi connectivity index (χ0) is 15.2. The highest BCUT2D eigenvalue weighted by molar-refractivity contribution is 5.84. The van der Waals surface area contributed by atoms with Gasteiger partial charge in [-0.3, -0.25) is 9.78 Å². The van der Waals surface area contributed by atoms with E-state index in [1.165, 1.54) is 0 Å². The van der Waals surface area contributed by atoms with E-state index in [0.717, 1.165) is 36.2 Å². The third-order valence-corrected chi connectivity index (χ3v) is 3.91. The number of rotatable bonds is 6. The van der Waals surface area contributed by atoms with Gasteiger partial charge >= 0.3 is 0 Å². The van der Waals surface area contributed by atoms with Crippen molar-refractivity contribution in [3.63, 3.8) is 0 Å². The summed E-state index contributed by atoms with van der Waals surface area (Å²) in [6, 6.07) is 9.77. The SMILES string of the molecule is O=C(C[C@H]1CCNC1)NCCOc1cccc2cccnc12. The molecule has 0 saturated carbocycles. The molecular formula is C17H21N3O2. The van der Waals surface area contributed by atoms with Crippen molar-refractivity contribution in [2.75, 3.05) is 26.2 Å². The van der Waals surface area contributed by atoms with Crippen LogP contribution in [0, 0.1) is 5.92 Å². The van der Waals surface area contributed by atoms with Crippen molar-refractivity contribution in [3.8, 4) is 5.75 Å². The number of hydrogen-bond acceptors (Lipinski definition) is 4. The summed E-state index contributed by atoms with van der Waals surface area (Å²) < 4.78 is 5.75. The molecule has 22 heavy (non-hydrogen) atoms. The van der Waals surface area contributed by atoms with E-state index in [2.05, 4.69) is 15.6 Å². The number of nitrogens with zero attached hydrogens (tertiary/aromatic N) is 1. The highest BCUT2D eigenvalue weighted by atomic mass is 16.5. The summed E-state index contributed by atoms with van der Waals surface area (Å²) in [6.45, 7) is 2.94. The number of fused-ring (bicyclic) bond motifs is 1. The first-order chi connectivity index (χ1) is 10.8. The smallest absolute Gasteiger partial charge is 0.220 e. The molecule has 0 radical (unpaired) electrons. The minimum Gasteiger partial charge on any atom is -0.489 e. The van der Waals surface area contributed by atoms with Gasteiger partial charge in [-0.15, -0.1) is 0 Å². The Labute approximate surface area is 130 Å². The number of para-hydroxylation sites is 1. The van der Waals surface area contributed by atoms with Gasteiger partial charge in [-0.25, -0.2) is 0 Å². The molecule has 0 aliphatic carbocycles. The second kappa shape index (κ2) is 7.22. The summed E-state index contributed by atoms with van der Waals surface area (Å²) in [5, 5.41) is 7.24. The summed E-state index contributed by atoms with van der Waals surface area (Å²) in [5.41, 5.74) is 0.855. The molecule has 116 valence electrons. The van der Waals surface area contributed by atoms with Crippen LogP contribution in [0.5, 0.6) is 5.75 Å². The molecule has 1 amide bonds. The Bertz CT molecular complexity index is 633. The molecule has 1 aromatic heterocycles. The van der Waals surface area contributed by atoms with Gasteiger partial charge in [0.1, 0.15) is 17.9 Å². The highest BCUT2D eigenvalue weighted by Gasteiger charge is 2.17. The first-order valence-corrected chi connectivity index (χ1v) is 7.77. The van der Waals surface area contributed by atoms with Gasteiger partial charge in [-0.1, -0.05) is 18.2 Å². The molecule has 2 aromatic rings. The van der Waals surface area contributed by atoms with Crippen LogP contribution in [-0.2, 0) is 4.79 Å². The predicted molar refractivity (Wildman–Crippen MR) is 85.8 cm³/mol. The Morgan fingerprint density at radius 2 is 2.27 bits per heavy atom. The van der Waals surface area contributed by atoms with Gasteiger partial charge in [0.15, 0.2) is 0 Å². The predicted octanol–water partition coefficient (Wildman–Crippen LogP) is 1.73. The van der Waals surface area contributed by atoms with Gasteiger partial charge in [0.05, 0.1) is 6.54 Å². The van der Waals surface area contributed by atoms with E-state index in [1.807, 2.05) is 30.3 Å². The summed E-state index contributed by atoms with van der Waals surface area (Å²) in [6.07, 6.45) is 3.45. The molecule has 1 aromatic carbocycles. The quantitative estimate of drug-likeness (QED) is 0.797. The zero-order valence-corrected chi connectivity index (χ0v) is 12.5.